The van der Waals surface area contributed by atoms with Crippen molar-refractivity contribution in [2.75, 3.05) is 7.11 Å². The number of amides is 1. The molecule has 3 N–H and O–H groups in total. The number of hydrogen-bond acceptors (Lipinski definition) is 4. The van der Waals surface area contributed by atoms with Gasteiger partial charge in [-0.3, -0.25) is 9.78 Å². The van der Waals surface area contributed by atoms with Crippen molar-refractivity contribution in [3.63, 3.8) is 0 Å². The van der Waals surface area contributed by atoms with E-state index in [1.54, 1.807) is 19.5 Å². The van der Waals surface area contributed by atoms with Gasteiger partial charge in [-0.2, -0.15) is 0 Å². The molecule has 3 atom stereocenters. The molecule has 0 spiro atoms. The van der Waals surface area contributed by atoms with Crippen LogP contribution in [-0.2, 0) is 16.1 Å². The summed E-state index contributed by atoms with van der Waals surface area (Å²) in [5.41, 5.74) is 7.02. The van der Waals surface area contributed by atoms with Gasteiger partial charge in [0, 0.05) is 38.0 Å². The molecule has 1 aromatic heterocycles. The maximum Gasteiger partial charge on any atom is 0.223 e. The molecule has 1 heterocycles. The number of halogens is 2. The molecule has 1 aliphatic rings. The zero-order chi connectivity index (χ0) is 13.7. The number of nitrogens with zero attached hydrogens (tertiary/aromatic N) is 1. The predicted molar refractivity (Wildman–Crippen MR) is 86.7 cm³/mol. The summed E-state index contributed by atoms with van der Waals surface area (Å²) in [6.07, 6.45) is 5.94. The highest BCUT2D eigenvalue weighted by Crippen LogP contribution is 2.25. The molecule has 0 bridgehead atoms. The topological polar surface area (TPSA) is 77.2 Å². The largest absolute Gasteiger partial charge is 0.380 e. The lowest BCUT2D eigenvalue weighted by molar-refractivity contribution is -0.127. The van der Waals surface area contributed by atoms with Gasteiger partial charge >= 0.3 is 0 Å². The fraction of sp³-hybridized carbons (Fsp3) is 0.571. The summed E-state index contributed by atoms with van der Waals surface area (Å²) >= 11 is 0. The Kier molecular flexibility index (Phi) is 9.53. The van der Waals surface area contributed by atoms with Crippen LogP contribution in [-0.4, -0.2) is 30.1 Å². The third kappa shape index (κ3) is 5.79. The Morgan fingerprint density at radius 2 is 2.24 bits per heavy atom. The number of hydrogen-bond donors (Lipinski definition) is 2. The minimum atomic E-state index is -0.0482. The maximum atomic E-state index is 12.1. The minimum absolute atomic E-state index is 0. The molecule has 0 aromatic carbocycles. The van der Waals surface area contributed by atoms with Crippen LogP contribution in [0.5, 0.6) is 0 Å². The third-order valence-corrected chi connectivity index (χ3v) is 3.70. The van der Waals surface area contributed by atoms with E-state index in [1.807, 2.05) is 12.1 Å². The average Bonchev–Trinajstić information content (AvgIpc) is 2.45. The van der Waals surface area contributed by atoms with Gasteiger partial charge in [0.1, 0.15) is 0 Å². The molecule has 1 aromatic rings. The molecule has 1 amide bonds. The highest BCUT2D eigenvalue weighted by atomic mass is 35.5. The molecule has 21 heavy (non-hydrogen) atoms. The maximum absolute atomic E-state index is 12.1. The average molecular weight is 336 g/mol. The number of carbonyl (C=O) groups excluding carboxylic acids is 1. The zero-order valence-electron chi connectivity index (χ0n) is 12.0. The number of ether oxygens (including phenoxy) is 1. The van der Waals surface area contributed by atoms with Gasteiger partial charge in [0.2, 0.25) is 5.91 Å². The predicted octanol–water partition coefficient (Wildman–Crippen LogP) is 1.68. The first-order valence-corrected chi connectivity index (χ1v) is 6.65. The van der Waals surface area contributed by atoms with Gasteiger partial charge < -0.3 is 15.8 Å². The molecule has 1 fully saturated rings. The molecular formula is C14H23Cl2N3O2. The standard InChI is InChI=1S/C14H21N3O2.2ClH/c1-19-13-5-4-11(7-12(13)15)14(18)17-9-10-3-2-6-16-8-10;;/h2-3,6,8,11-13H,4-5,7,9,15H2,1H3,(H,17,18);2*1H/t11-,12+,13+;;/m0../s1. The molecule has 2 rings (SSSR count). The number of nitrogens with two attached hydrogens (primary N) is 1. The molecule has 7 heteroatoms. The summed E-state index contributed by atoms with van der Waals surface area (Å²) in [4.78, 5) is 16.1. The van der Waals surface area contributed by atoms with Crippen molar-refractivity contribution in [1.82, 2.24) is 10.3 Å². The molecule has 0 saturated heterocycles. The van der Waals surface area contributed by atoms with Crippen LogP contribution in [0.25, 0.3) is 0 Å². The van der Waals surface area contributed by atoms with Crippen LogP contribution in [0, 0.1) is 5.92 Å². The molecule has 0 unspecified atom stereocenters. The summed E-state index contributed by atoms with van der Waals surface area (Å²) in [7, 11) is 1.67. The van der Waals surface area contributed by atoms with E-state index < -0.39 is 0 Å². The van der Waals surface area contributed by atoms with E-state index >= 15 is 0 Å². The number of pyridine rings is 1. The van der Waals surface area contributed by atoms with Gasteiger partial charge in [0.15, 0.2) is 0 Å². The van der Waals surface area contributed by atoms with E-state index in [-0.39, 0.29) is 48.8 Å². The Morgan fingerprint density at radius 1 is 1.48 bits per heavy atom. The highest BCUT2D eigenvalue weighted by Gasteiger charge is 2.31. The second-order valence-corrected chi connectivity index (χ2v) is 5.03. The fourth-order valence-electron chi connectivity index (χ4n) is 2.54. The third-order valence-electron chi connectivity index (χ3n) is 3.70. The van der Waals surface area contributed by atoms with Crippen LogP contribution >= 0.6 is 24.8 Å². The molecule has 120 valence electrons. The summed E-state index contributed by atoms with van der Waals surface area (Å²) in [5, 5.41) is 2.95. The van der Waals surface area contributed by atoms with Gasteiger partial charge in [0.05, 0.1) is 6.10 Å². The van der Waals surface area contributed by atoms with Crippen LogP contribution in [0.1, 0.15) is 24.8 Å². The Balaban J connectivity index is 0.00000200. The summed E-state index contributed by atoms with van der Waals surface area (Å²) in [6, 6.07) is 3.76. The van der Waals surface area contributed by atoms with Gasteiger partial charge in [-0.25, -0.2) is 0 Å². The molecule has 5 nitrogen and oxygen atoms in total. The lowest BCUT2D eigenvalue weighted by Gasteiger charge is -2.32. The lowest BCUT2D eigenvalue weighted by Crippen LogP contribution is -2.45. The summed E-state index contributed by atoms with van der Waals surface area (Å²) in [5.74, 6) is 0.0759. The minimum Gasteiger partial charge on any atom is -0.380 e. The first-order chi connectivity index (χ1) is 9.20. The van der Waals surface area contributed by atoms with Crippen molar-refractivity contribution in [2.24, 2.45) is 11.7 Å². The van der Waals surface area contributed by atoms with Crippen LogP contribution in [0.2, 0.25) is 0 Å². The molecular weight excluding hydrogens is 313 g/mol. The normalized spacial score (nSPS) is 24.4. The monoisotopic (exact) mass is 335 g/mol. The van der Waals surface area contributed by atoms with Crippen LogP contribution in [0.4, 0.5) is 0 Å². The number of rotatable bonds is 4. The number of carbonyl (C=O) groups is 1. The van der Waals surface area contributed by atoms with E-state index in [4.69, 9.17) is 10.5 Å². The molecule has 0 aliphatic heterocycles. The molecule has 0 radical (unpaired) electrons. The van der Waals surface area contributed by atoms with Crippen molar-refractivity contribution in [2.45, 2.75) is 38.0 Å². The second kappa shape index (κ2) is 9.95. The van der Waals surface area contributed by atoms with Crippen molar-refractivity contribution >= 4 is 30.7 Å². The highest BCUT2D eigenvalue weighted by molar-refractivity contribution is 5.85. The number of aromatic nitrogens is 1. The molecule has 1 saturated carbocycles. The summed E-state index contributed by atoms with van der Waals surface area (Å²) in [6.45, 7) is 0.520. The Labute approximate surface area is 137 Å². The van der Waals surface area contributed by atoms with E-state index in [2.05, 4.69) is 10.3 Å². The second-order valence-electron chi connectivity index (χ2n) is 5.03. The first kappa shape index (κ1) is 20.1. The van der Waals surface area contributed by atoms with E-state index in [1.165, 1.54) is 0 Å². The van der Waals surface area contributed by atoms with Crippen LogP contribution in [0.15, 0.2) is 24.5 Å². The van der Waals surface area contributed by atoms with E-state index in [9.17, 15) is 4.79 Å². The van der Waals surface area contributed by atoms with Gasteiger partial charge in [-0.05, 0) is 30.9 Å². The van der Waals surface area contributed by atoms with Crippen LogP contribution < -0.4 is 11.1 Å². The van der Waals surface area contributed by atoms with Crippen LogP contribution in [0.3, 0.4) is 0 Å². The quantitative estimate of drug-likeness (QED) is 0.877. The smallest absolute Gasteiger partial charge is 0.223 e. The number of nitrogens with one attached hydrogen (secondary N) is 1. The molecule has 1 aliphatic carbocycles. The fourth-order valence-corrected chi connectivity index (χ4v) is 2.54. The SMILES string of the molecule is CO[C@@H]1CC[C@H](C(=O)NCc2cccnc2)C[C@H]1N.Cl.Cl. The Morgan fingerprint density at radius 3 is 2.81 bits per heavy atom. The van der Waals surface area contributed by atoms with Crippen molar-refractivity contribution in [3.05, 3.63) is 30.1 Å². The Bertz CT molecular complexity index is 420. The van der Waals surface area contributed by atoms with Gasteiger partial charge in [-0.1, -0.05) is 6.07 Å². The lowest BCUT2D eigenvalue weighted by atomic mass is 9.83. The van der Waals surface area contributed by atoms with Crippen molar-refractivity contribution < 1.29 is 9.53 Å². The van der Waals surface area contributed by atoms with Gasteiger partial charge in [0.25, 0.3) is 0 Å². The van der Waals surface area contributed by atoms with Crippen molar-refractivity contribution in [3.8, 4) is 0 Å². The van der Waals surface area contributed by atoms with Crippen molar-refractivity contribution in [1.29, 1.82) is 0 Å². The van der Waals surface area contributed by atoms with Gasteiger partial charge in [-0.15, -0.1) is 24.8 Å². The summed E-state index contributed by atoms with van der Waals surface area (Å²) < 4.78 is 5.30. The Hall–Kier alpha value is -0.880. The zero-order valence-corrected chi connectivity index (χ0v) is 13.7. The first-order valence-electron chi connectivity index (χ1n) is 6.65. The van der Waals surface area contributed by atoms with E-state index in [0.29, 0.717) is 13.0 Å². The van der Waals surface area contributed by atoms with E-state index in [0.717, 1.165) is 18.4 Å². The number of methoxy groups -OCH3 is 1.